The Kier molecular flexibility index (Phi) is 3.86. The molecular formula is C17H21NO3. The summed E-state index contributed by atoms with van der Waals surface area (Å²) in [6.07, 6.45) is 6.90. The number of carbonyl (C=O) groups excluding carboxylic acids is 1. The molecule has 2 aliphatic rings. The molecule has 1 saturated heterocycles. The van der Waals surface area contributed by atoms with Crippen LogP contribution in [0.4, 0.5) is 0 Å². The van der Waals surface area contributed by atoms with Crippen molar-refractivity contribution >= 4 is 12.0 Å². The Balaban J connectivity index is 1.71. The van der Waals surface area contributed by atoms with E-state index in [2.05, 4.69) is 13.8 Å². The number of rotatable bonds is 2. The number of amides is 1. The third kappa shape index (κ3) is 2.89. The lowest BCUT2D eigenvalue weighted by atomic mass is 9.97. The van der Waals surface area contributed by atoms with Crippen molar-refractivity contribution in [2.45, 2.75) is 45.2 Å². The lowest BCUT2D eigenvalue weighted by Crippen LogP contribution is -2.46. The fourth-order valence-electron chi connectivity index (χ4n) is 3.13. The zero-order valence-electron chi connectivity index (χ0n) is 12.5. The van der Waals surface area contributed by atoms with Crippen LogP contribution in [0.15, 0.2) is 24.3 Å². The number of benzene rings is 1. The molecule has 2 heterocycles. The summed E-state index contributed by atoms with van der Waals surface area (Å²) in [5.41, 5.74) is 0.949. The summed E-state index contributed by atoms with van der Waals surface area (Å²) in [5, 5.41) is 0. The average molecular weight is 287 g/mol. The van der Waals surface area contributed by atoms with E-state index in [1.165, 1.54) is 6.42 Å². The molecule has 0 radical (unpaired) electrons. The quantitative estimate of drug-likeness (QED) is 0.784. The molecule has 0 N–H and O–H groups in total. The van der Waals surface area contributed by atoms with Gasteiger partial charge in [-0.15, -0.1) is 0 Å². The first-order valence-corrected chi connectivity index (χ1v) is 7.55. The van der Waals surface area contributed by atoms with E-state index in [0.717, 1.165) is 29.9 Å². The van der Waals surface area contributed by atoms with E-state index in [-0.39, 0.29) is 12.7 Å². The zero-order chi connectivity index (χ0) is 14.8. The van der Waals surface area contributed by atoms with Crippen LogP contribution < -0.4 is 9.47 Å². The molecule has 1 aromatic rings. The van der Waals surface area contributed by atoms with Crippen LogP contribution in [0.3, 0.4) is 0 Å². The summed E-state index contributed by atoms with van der Waals surface area (Å²) in [4.78, 5) is 14.4. The van der Waals surface area contributed by atoms with Crippen LogP contribution in [0, 0.1) is 0 Å². The standard InChI is InChI=1S/C17H21NO3/c1-12-4-3-5-13(2)18(12)17(19)9-7-14-6-8-15-16(10-14)21-11-20-15/h6-10,12-13H,3-5,11H2,1-2H3/b9-7+/t12-,13+. The monoisotopic (exact) mass is 287 g/mol. The molecular weight excluding hydrogens is 266 g/mol. The Labute approximate surface area is 125 Å². The Morgan fingerprint density at radius 3 is 2.67 bits per heavy atom. The van der Waals surface area contributed by atoms with Gasteiger partial charge in [-0.05, 0) is 56.9 Å². The van der Waals surface area contributed by atoms with E-state index >= 15 is 0 Å². The van der Waals surface area contributed by atoms with Crippen LogP contribution in [-0.2, 0) is 4.79 Å². The van der Waals surface area contributed by atoms with E-state index < -0.39 is 0 Å². The summed E-state index contributed by atoms with van der Waals surface area (Å²) < 4.78 is 10.6. The predicted octanol–water partition coefficient (Wildman–Crippen LogP) is 3.22. The molecule has 4 nitrogen and oxygen atoms in total. The van der Waals surface area contributed by atoms with Gasteiger partial charge >= 0.3 is 0 Å². The normalized spacial score (nSPS) is 24.6. The van der Waals surface area contributed by atoms with Crippen molar-refractivity contribution < 1.29 is 14.3 Å². The molecule has 1 aromatic carbocycles. The van der Waals surface area contributed by atoms with Gasteiger partial charge in [-0.1, -0.05) is 6.07 Å². The van der Waals surface area contributed by atoms with Gasteiger partial charge in [0.1, 0.15) is 0 Å². The Morgan fingerprint density at radius 1 is 1.19 bits per heavy atom. The van der Waals surface area contributed by atoms with E-state index in [9.17, 15) is 4.79 Å². The molecule has 1 fully saturated rings. The molecule has 0 aliphatic carbocycles. The largest absolute Gasteiger partial charge is 0.454 e. The van der Waals surface area contributed by atoms with E-state index in [1.54, 1.807) is 6.08 Å². The first kappa shape index (κ1) is 14.0. The molecule has 4 heteroatoms. The highest BCUT2D eigenvalue weighted by Gasteiger charge is 2.27. The molecule has 0 aromatic heterocycles. The van der Waals surface area contributed by atoms with Gasteiger partial charge in [0.05, 0.1) is 0 Å². The highest BCUT2D eigenvalue weighted by Crippen LogP contribution is 2.32. The van der Waals surface area contributed by atoms with Crippen molar-refractivity contribution in [2.24, 2.45) is 0 Å². The van der Waals surface area contributed by atoms with Gasteiger partial charge in [-0.25, -0.2) is 0 Å². The summed E-state index contributed by atoms with van der Waals surface area (Å²) in [6.45, 7) is 4.52. The van der Waals surface area contributed by atoms with Gasteiger partial charge in [-0.2, -0.15) is 0 Å². The molecule has 2 atom stereocenters. The van der Waals surface area contributed by atoms with Crippen LogP contribution in [-0.4, -0.2) is 29.7 Å². The van der Waals surface area contributed by atoms with Gasteiger partial charge in [0.15, 0.2) is 11.5 Å². The third-order valence-corrected chi connectivity index (χ3v) is 4.26. The number of fused-ring (bicyclic) bond motifs is 1. The number of hydrogen-bond acceptors (Lipinski definition) is 3. The van der Waals surface area contributed by atoms with Crippen LogP contribution in [0.5, 0.6) is 11.5 Å². The minimum Gasteiger partial charge on any atom is -0.454 e. The van der Waals surface area contributed by atoms with Crippen LogP contribution in [0.2, 0.25) is 0 Å². The van der Waals surface area contributed by atoms with Crippen molar-refractivity contribution in [3.8, 4) is 11.5 Å². The number of likely N-dealkylation sites (tertiary alicyclic amines) is 1. The second kappa shape index (κ2) is 5.80. The van der Waals surface area contributed by atoms with Crippen LogP contribution >= 0.6 is 0 Å². The minimum absolute atomic E-state index is 0.0902. The maximum absolute atomic E-state index is 12.4. The van der Waals surface area contributed by atoms with Crippen molar-refractivity contribution in [3.05, 3.63) is 29.8 Å². The first-order chi connectivity index (χ1) is 10.1. The molecule has 0 unspecified atom stereocenters. The molecule has 0 saturated carbocycles. The summed E-state index contributed by atoms with van der Waals surface area (Å²) in [6, 6.07) is 6.35. The van der Waals surface area contributed by atoms with Gasteiger partial charge in [0.25, 0.3) is 0 Å². The predicted molar refractivity (Wildman–Crippen MR) is 81.2 cm³/mol. The molecule has 0 spiro atoms. The lowest BCUT2D eigenvalue weighted by Gasteiger charge is -2.38. The van der Waals surface area contributed by atoms with Gasteiger partial charge in [0.2, 0.25) is 12.7 Å². The minimum atomic E-state index is 0.0902. The van der Waals surface area contributed by atoms with E-state index in [0.29, 0.717) is 12.1 Å². The maximum atomic E-state index is 12.4. The second-order valence-corrected chi connectivity index (χ2v) is 5.82. The summed E-state index contributed by atoms with van der Waals surface area (Å²) in [7, 11) is 0. The molecule has 0 bridgehead atoms. The summed E-state index contributed by atoms with van der Waals surface area (Å²) in [5.74, 6) is 1.59. The van der Waals surface area contributed by atoms with E-state index in [4.69, 9.17) is 9.47 Å². The SMILES string of the molecule is C[C@@H]1CCC[C@H](C)N1C(=O)/C=C/c1ccc2c(c1)OCO2. The van der Waals surface area contributed by atoms with Crippen molar-refractivity contribution in [2.75, 3.05) is 6.79 Å². The third-order valence-electron chi connectivity index (χ3n) is 4.26. The molecule has 21 heavy (non-hydrogen) atoms. The molecule has 2 aliphatic heterocycles. The number of carbonyl (C=O) groups is 1. The van der Waals surface area contributed by atoms with Crippen molar-refractivity contribution in [1.82, 2.24) is 4.90 Å². The van der Waals surface area contributed by atoms with Crippen LogP contribution in [0.25, 0.3) is 6.08 Å². The van der Waals surface area contributed by atoms with Gasteiger partial charge < -0.3 is 14.4 Å². The van der Waals surface area contributed by atoms with Crippen LogP contribution in [0.1, 0.15) is 38.7 Å². The topological polar surface area (TPSA) is 38.8 Å². The smallest absolute Gasteiger partial charge is 0.247 e. The number of nitrogens with zero attached hydrogens (tertiary/aromatic N) is 1. The average Bonchev–Trinajstić information content (AvgIpc) is 2.92. The lowest BCUT2D eigenvalue weighted by molar-refractivity contribution is -0.131. The number of piperidine rings is 1. The number of ether oxygens (including phenoxy) is 2. The zero-order valence-corrected chi connectivity index (χ0v) is 12.5. The fraction of sp³-hybridized carbons (Fsp3) is 0.471. The Morgan fingerprint density at radius 2 is 1.90 bits per heavy atom. The van der Waals surface area contributed by atoms with Gasteiger partial charge in [-0.3, -0.25) is 4.79 Å². The van der Waals surface area contributed by atoms with Crippen molar-refractivity contribution in [3.63, 3.8) is 0 Å². The first-order valence-electron chi connectivity index (χ1n) is 7.55. The molecule has 1 amide bonds. The Bertz CT molecular complexity index is 557. The van der Waals surface area contributed by atoms with Crippen molar-refractivity contribution in [1.29, 1.82) is 0 Å². The molecule has 112 valence electrons. The fourth-order valence-corrected chi connectivity index (χ4v) is 3.13. The highest BCUT2D eigenvalue weighted by atomic mass is 16.7. The number of hydrogen-bond donors (Lipinski definition) is 0. The van der Waals surface area contributed by atoms with Gasteiger partial charge in [0, 0.05) is 18.2 Å². The Hall–Kier alpha value is -1.97. The summed E-state index contributed by atoms with van der Waals surface area (Å²) >= 11 is 0. The highest BCUT2D eigenvalue weighted by molar-refractivity contribution is 5.92. The van der Waals surface area contributed by atoms with E-state index in [1.807, 2.05) is 29.2 Å². The molecule has 3 rings (SSSR count). The second-order valence-electron chi connectivity index (χ2n) is 5.82. The maximum Gasteiger partial charge on any atom is 0.247 e.